The first kappa shape index (κ1) is 10.5. The van der Waals surface area contributed by atoms with Crippen molar-refractivity contribution in [2.45, 2.75) is 12.2 Å². The number of halogens is 2. The second kappa shape index (κ2) is 4.40. The van der Waals surface area contributed by atoms with Crippen LogP contribution in [-0.2, 0) is 10.0 Å². The first-order valence-corrected chi connectivity index (χ1v) is 4.43. The monoisotopic (exact) mass is 185 g/mol. The summed E-state index contributed by atoms with van der Waals surface area (Å²) < 4.78 is 45.5. The van der Waals surface area contributed by atoms with E-state index in [1.165, 1.54) is 6.08 Å². The molecule has 66 valence electrons. The van der Waals surface area contributed by atoms with Crippen LogP contribution in [0.1, 0.15) is 6.42 Å². The maximum Gasteiger partial charge on any atom is 0.350 e. The van der Waals surface area contributed by atoms with Gasteiger partial charge in [0, 0.05) is 6.54 Å². The minimum Gasteiger partial charge on any atom is -0.210 e. The Morgan fingerprint density at radius 1 is 1.55 bits per heavy atom. The molecule has 0 radical (unpaired) electrons. The maximum absolute atomic E-state index is 11.6. The maximum atomic E-state index is 11.6. The Kier molecular flexibility index (Phi) is 4.20. The van der Waals surface area contributed by atoms with Crippen LogP contribution in [0.4, 0.5) is 8.78 Å². The number of hydrogen-bond acceptors (Lipinski definition) is 2. The average Bonchev–Trinajstić information content (AvgIpc) is 1.88. The molecule has 0 aliphatic carbocycles. The Hall–Kier alpha value is -0.490. The predicted octanol–water partition coefficient (Wildman–Crippen LogP) is 0.704. The van der Waals surface area contributed by atoms with Gasteiger partial charge in [-0.25, -0.2) is 13.1 Å². The fraction of sp³-hybridized carbons (Fsp3) is 0.600. The summed E-state index contributed by atoms with van der Waals surface area (Å²) in [5.41, 5.74) is 0. The third kappa shape index (κ3) is 4.05. The molecule has 0 fully saturated rings. The average molecular weight is 185 g/mol. The lowest BCUT2D eigenvalue weighted by Crippen LogP contribution is -2.29. The van der Waals surface area contributed by atoms with Crippen LogP contribution in [0.5, 0.6) is 0 Å². The van der Waals surface area contributed by atoms with Gasteiger partial charge >= 0.3 is 5.76 Å². The van der Waals surface area contributed by atoms with E-state index in [0.29, 0.717) is 6.42 Å². The summed E-state index contributed by atoms with van der Waals surface area (Å²) >= 11 is 0. The van der Waals surface area contributed by atoms with Crippen LogP contribution >= 0.6 is 0 Å². The number of rotatable bonds is 5. The SMILES string of the molecule is C=CCCNS(=O)(=O)C(F)F. The van der Waals surface area contributed by atoms with Crippen LogP contribution in [0.15, 0.2) is 12.7 Å². The molecule has 0 aromatic rings. The van der Waals surface area contributed by atoms with E-state index in [1.54, 1.807) is 4.72 Å². The van der Waals surface area contributed by atoms with Gasteiger partial charge in [0.2, 0.25) is 0 Å². The van der Waals surface area contributed by atoms with Crippen molar-refractivity contribution in [3.8, 4) is 0 Å². The van der Waals surface area contributed by atoms with Gasteiger partial charge in [0.25, 0.3) is 10.0 Å². The molecule has 0 aromatic heterocycles. The predicted molar refractivity (Wildman–Crippen MR) is 37.7 cm³/mol. The van der Waals surface area contributed by atoms with E-state index >= 15 is 0 Å². The van der Waals surface area contributed by atoms with Gasteiger partial charge in [-0.3, -0.25) is 0 Å². The lowest BCUT2D eigenvalue weighted by Gasteiger charge is -2.02. The quantitative estimate of drug-likeness (QED) is 0.506. The Morgan fingerprint density at radius 3 is 2.45 bits per heavy atom. The molecule has 0 atom stereocenters. The van der Waals surface area contributed by atoms with Crippen LogP contribution in [0.25, 0.3) is 0 Å². The molecule has 0 aliphatic rings. The van der Waals surface area contributed by atoms with E-state index in [2.05, 4.69) is 6.58 Å². The zero-order valence-corrected chi connectivity index (χ0v) is 6.57. The zero-order chi connectivity index (χ0) is 8.91. The van der Waals surface area contributed by atoms with E-state index in [9.17, 15) is 17.2 Å². The van der Waals surface area contributed by atoms with Crippen molar-refractivity contribution in [1.82, 2.24) is 4.72 Å². The van der Waals surface area contributed by atoms with Crippen molar-refractivity contribution in [3.63, 3.8) is 0 Å². The topological polar surface area (TPSA) is 46.2 Å². The molecule has 0 aromatic carbocycles. The third-order valence-corrected chi connectivity index (χ3v) is 1.96. The molecular weight excluding hydrogens is 176 g/mol. The second-order valence-electron chi connectivity index (χ2n) is 1.78. The minimum absolute atomic E-state index is 0.0316. The highest BCUT2D eigenvalue weighted by atomic mass is 32.2. The van der Waals surface area contributed by atoms with Gasteiger partial charge in [-0.2, -0.15) is 8.78 Å². The Balaban J connectivity index is 3.84. The Morgan fingerprint density at radius 2 is 2.09 bits per heavy atom. The largest absolute Gasteiger partial charge is 0.350 e. The highest BCUT2D eigenvalue weighted by molar-refractivity contribution is 7.89. The van der Waals surface area contributed by atoms with E-state index in [1.807, 2.05) is 0 Å². The minimum atomic E-state index is -4.40. The van der Waals surface area contributed by atoms with Gasteiger partial charge in [-0.05, 0) is 6.42 Å². The van der Waals surface area contributed by atoms with Crippen molar-refractivity contribution in [2.75, 3.05) is 6.54 Å². The number of nitrogens with one attached hydrogen (secondary N) is 1. The molecule has 0 spiro atoms. The van der Waals surface area contributed by atoms with Crippen molar-refractivity contribution in [1.29, 1.82) is 0 Å². The number of alkyl halides is 2. The van der Waals surface area contributed by atoms with Gasteiger partial charge in [-0.15, -0.1) is 6.58 Å². The first-order valence-electron chi connectivity index (χ1n) is 2.88. The molecule has 6 heteroatoms. The van der Waals surface area contributed by atoms with Crippen LogP contribution in [0.3, 0.4) is 0 Å². The summed E-state index contributed by atoms with van der Waals surface area (Å²) in [5, 5.41) is 0. The Labute approximate surface area is 64.2 Å². The molecule has 3 nitrogen and oxygen atoms in total. The van der Waals surface area contributed by atoms with E-state index in [4.69, 9.17) is 0 Å². The van der Waals surface area contributed by atoms with Crippen molar-refractivity contribution in [3.05, 3.63) is 12.7 Å². The molecule has 0 heterocycles. The van der Waals surface area contributed by atoms with E-state index in [-0.39, 0.29) is 6.54 Å². The standard InChI is InChI=1S/C5H9F2NO2S/c1-2-3-4-8-11(9,10)5(6)7/h2,5,8H,1,3-4H2. The summed E-state index contributed by atoms with van der Waals surface area (Å²) in [6, 6.07) is 0. The lowest BCUT2D eigenvalue weighted by molar-refractivity contribution is 0.232. The molecule has 0 amide bonds. The van der Waals surface area contributed by atoms with Crippen LogP contribution in [0, 0.1) is 0 Å². The van der Waals surface area contributed by atoms with Gasteiger partial charge < -0.3 is 0 Å². The summed E-state index contributed by atoms with van der Waals surface area (Å²) in [7, 11) is -4.40. The molecule has 0 saturated heterocycles. The summed E-state index contributed by atoms with van der Waals surface area (Å²) in [5.74, 6) is -3.35. The summed E-state index contributed by atoms with van der Waals surface area (Å²) in [6.07, 6.45) is 1.78. The molecule has 0 saturated carbocycles. The molecule has 1 N–H and O–H groups in total. The second-order valence-corrected chi connectivity index (χ2v) is 3.51. The first-order chi connectivity index (χ1) is 5.00. The van der Waals surface area contributed by atoms with Gasteiger partial charge in [0.15, 0.2) is 0 Å². The van der Waals surface area contributed by atoms with Crippen LogP contribution in [-0.4, -0.2) is 20.7 Å². The van der Waals surface area contributed by atoms with Crippen LogP contribution < -0.4 is 4.72 Å². The van der Waals surface area contributed by atoms with Crippen LogP contribution in [0.2, 0.25) is 0 Å². The van der Waals surface area contributed by atoms with E-state index < -0.39 is 15.8 Å². The van der Waals surface area contributed by atoms with Gasteiger partial charge in [-0.1, -0.05) is 6.08 Å². The normalized spacial score (nSPS) is 11.9. The highest BCUT2D eigenvalue weighted by Gasteiger charge is 2.22. The summed E-state index contributed by atoms with van der Waals surface area (Å²) in [4.78, 5) is 0. The van der Waals surface area contributed by atoms with Gasteiger partial charge in [0.05, 0.1) is 0 Å². The fourth-order valence-electron chi connectivity index (χ4n) is 0.366. The smallest absolute Gasteiger partial charge is 0.210 e. The third-order valence-electron chi connectivity index (χ3n) is 0.886. The summed E-state index contributed by atoms with van der Waals surface area (Å²) in [6.45, 7) is 3.27. The van der Waals surface area contributed by atoms with Crippen molar-refractivity contribution < 1.29 is 17.2 Å². The molecule has 11 heavy (non-hydrogen) atoms. The number of hydrogen-bond donors (Lipinski definition) is 1. The molecule has 0 rings (SSSR count). The van der Waals surface area contributed by atoms with Crippen molar-refractivity contribution >= 4 is 10.0 Å². The zero-order valence-electron chi connectivity index (χ0n) is 5.76. The van der Waals surface area contributed by atoms with E-state index in [0.717, 1.165) is 0 Å². The van der Waals surface area contributed by atoms with Crippen molar-refractivity contribution in [2.24, 2.45) is 0 Å². The number of sulfonamides is 1. The van der Waals surface area contributed by atoms with Gasteiger partial charge in [0.1, 0.15) is 0 Å². The lowest BCUT2D eigenvalue weighted by atomic mass is 10.4. The Bertz CT molecular complexity index is 213. The molecule has 0 bridgehead atoms. The molecule has 0 aliphatic heterocycles. The molecular formula is C5H9F2NO2S. The molecule has 0 unspecified atom stereocenters. The highest BCUT2D eigenvalue weighted by Crippen LogP contribution is 2.00. The fourth-order valence-corrected chi connectivity index (χ4v) is 0.895.